The van der Waals surface area contributed by atoms with Crippen LogP contribution >= 0.6 is 0 Å². The van der Waals surface area contributed by atoms with Gasteiger partial charge in [-0.2, -0.15) is 0 Å². The van der Waals surface area contributed by atoms with Gasteiger partial charge in [0.05, 0.1) is 0 Å². The van der Waals surface area contributed by atoms with Crippen LogP contribution in [0.5, 0.6) is 0 Å². The predicted molar refractivity (Wildman–Crippen MR) is 87.3 cm³/mol. The quantitative estimate of drug-likeness (QED) is 0.447. The van der Waals surface area contributed by atoms with E-state index in [-0.39, 0.29) is 0 Å². The van der Waals surface area contributed by atoms with E-state index < -0.39 is 0 Å². The van der Waals surface area contributed by atoms with Gasteiger partial charge in [0.1, 0.15) is 0 Å². The Labute approximate surface area is 121 Å². The van der Waals surface area contributed by atoms with Gasteiger partial charge in [-0.1, -0.05) is 71.6 Å². The lowest BCUT2D eigenvalue weighted by Crippen LogP contribution is -2.23. The zero-order valence-corrected chi connectivity index (χ0v) is 13.5. The van der Waals surface area contributed by atoms with E-state index in [1.54, 1.807) is 0 Å². The molecule has 0 aromatic heterocycles. The number of unbranched alkanes of at least 4 members (excludes halogenated alkanes) is 6. The second-order valence-electron chi connectivity index (χ2n) is 6.15. The van der Waals surface area contributed by atoms with Crippen molar-refractivity contribution in [2.24, 2.45) is 11.5 Å². The van der Waals surface area contributed by atoms with Gasteiger partial charge in [0.15, 0.2) is 0 Å². The van der Waals surface area contributed by atoms with Crippen LogP contribution in [0.3, 0.4) is 0 Å². The van der Waals surface area contributed by atoms with Crippen molar-refractivity contribution in [1.29, 1.82) is 0 Å². The highest BCUT2D eigenvalue weighted by atomic mass is 14.6. The number of rotatable bonds is 14. The molecule has 0 rings (SSSR count). The molecule has 0 saturated carbocycles. The smallest absolute Gasteiger partial charge is 0.00388 e. The molecule has 19 heavy (non-hydrogen) atoms. The zero-order valence-electron chi connectivity index (χ0n) is 13.5. The maximum Gasteiger partial charge on any atom is 0.00388 e. The topological polar surface area (TPSA) is 52.0 Å². The highest BCUT2D eigenvalue weighted by Gasteiger charge is 2.06. The van der Waals surface area contributed by atoms with Crippen molar-refractivity contribution in [2.45, 2.75) is 109 Å². The molecule has 0 aliphatic rings. The summed E-state index contributed by atoms with van der Waals surface area (Å²) < 4.78 is 0. The standard InChI is InChI=1S/C17H38N2/c1-3-5-7-9-12-16(18)14-11-15-17(19)13-10-8-6-4-2/h16-17H,3-15,18-19H2,1-2H3. The zero-order chi connectivity index (χ0) is 14.3. The van der Waals surface area contributed by atoms with Crippen LogP contribution < -0.4 is 11.5 Å². The fourth-order valence-corrected chi connectivity index (χ4v) is 2.60. The Morgan fingerprint density at radius 3 is 1.26 bits per heavy atom. The predicted octanol–water partition coefficient (Wildman–Crippen LogP) is 4.75. The van der Waals surface area contributed by atoms with Crippen molar-refractivity contribution in [1.82, 2.24) is 0 Å². The van der Waals surface area contributed by atoms with Gasteiger partial charge < -0.3 is 11.5 Å². The van der Waals surface area contributed by atoms with E-state index in [1.807, 2.05) is 0 Å². The molecule has 2 unspecified atom stereocenters. The van der Waals surface area contributed by atoms with Gasteiger partial charge in [-0.15, -0.1) is 0 Å². The Morgan fingerprint density at radius 2 is 0.895 bits per heavy atom. The average molecular weight is 271 g/mol. The van der Waals surface area contributed by atoms with Gasteiger partial charge >= 0.3 is 0 Å². The van der Waals surface area contributed by atoms with Gasteiger partial charge in [-0.25, -0.2) is 0 Å². The van der Waals surface area contributed by atoms with Crippen molar-refractivity contribution in [2.75, 3.05) is 0 Å². The molecule has 0 saturated heterocycles. The van der Waals surface area contributed by atoms with Crippen LogP contribution in [0, 0.1) is 0 Å². The SMILES string of the molecule is CCCCCCC(N)CCCC(N)CCCCCC. The Hall–Kier alpha value is -0.0800. The molecular weight excluding hydrogens is 232 g/mol. The monoisotopic (exact) mass is 270 g/mol. The van der Waals surface area contributed by atoms with Crippen LogP contribution in [0.25, 0.3) is 0 Å². The summed E-state index contributed by atoms with van der Waals surface area (Å²) in [5.74, 6) is 0. The van der Waals surface area contributed by atoms with E-state index in [9.17, 15) is 0 Å². The summed E-state index contributed by atoms with van der Waals surface area (Å²) in [4.78, 5) is 0. The summed E-state index contributed by atoms with van der Waals surface area (Å²) in [5, 5.41) is 0. The third-order valence-electron chi connectivity index (χ3n) is 4.01. The Morgan fingerprint density at radius 1 is 0.526 bits per heavy atom. The average Bonchev–Trinajstić information content (AvgIpc) is 2.40. The van der Waals surface area contributed by atoms with Gasteiger partial charge in [0, 0.05) is 12.1 Å². The second kappa shape index (κ2) is 14.3. The Balaban J connectivity index is 3.30. The number of hydrogen-bond donors (Lipinski definition) is 2. The molecule has 0 aliphatic carbocycles. The molecule has 0 bridgehead atoms. The Bertz CT molecular complexity index is 153. The largest absolute Gasteiger partial charge is 0.328 e. The number of nitrogens with two attached hydrogens (primary N) is 2. The summed E-state index contributed by atoms with van der Waals surface area (Å²) in [6.45, 7) is 4.50. The van der Waals surface area contributed by atoms with Crippen molar-refractivity contribution in [3.63, 3.8) is 0 Å². The first-order chi connectivity index (χ1) is 9.20. The minimum atomic E-state index is 0.407. The van der Waals surface area contributed by atoms with E-state index in [0.29, 0.717) is 12.1 Å². The Kier molecular flexibility index (Phi) is 14.3. The second-order valence-corrected chi connectivity index (χ2v) is 6.15. The lowest BCUT2D eigenvalue weighted by Gasteiger charge is -2.14. The van der Waals surface area contributed by atoms with Crippen molar-refractivity contribution in [3.8, 4) is 0 Å². The lowest BCUT2D eigenvalue weighted by molar-refractivity contribution is 0.458. The van der Waals surface area contributed by atoms with E-state index in [2.05, 4.69) is 13.8 Å². The van der Waals surface area contributed by atoms with Crippen molar-refractivity contribution < 1.29 is 0 Å². The molecule has 0 fully saturated rings. The van der Waals surface area contributed by atoms with Crippen LogP contribution in [0.2, 0.25) is 0 Å². The number of hydrogen-bond acceptors (Lipinski definition) is 2. The fourth-order valence-electron chi connectivity index (χ4n) is 2.60. The highest BCUT2D eigenvalue weighted by molar-refractivity contribution is 4.66. The van der Waals surface area contributed by atoms with Crippen LogP contribution in [-0.4, -0.2) is 12.1 Å². The minimum Gasteiger partial charge on any atom is -0.328 e. The maximum absolute atomic E-state index is 6.14. The molecule has 0 aromatic carbocycles. The molecule has 2 nitrogen and oxygen atoms in total. The van der Waals surface area contributed by atoms with E-state index in [1.165, 1.54) is 70.6 Å². The van der Waals surface area contributed by atoms with Gasteiger partial charge in [0.25, 0.3) is 0 Å². The fraction of sp³-hybridized carbons (Fsp3) is 1.00. The third-order valence-corrected chi connectivity index (χ3v) is 4.01. The van der Waals surface area contributed by atoms with Crippen LogP contribution in [0.4, 0.5) is 0 Å². The van der Waals surface area contributed by atoms with Gasteiger partial charge in [-0.3, -0.25) is 0 Å². The summed E-state index contributed by atoms with van der Waals surface area (Å²) >= 11 is 0. The molecule has 2 heteroatoms. The molecule has 0 spiro atoms. The molecule has 4 N–H and O–H groups in total. The van der Waals surface area contributed by atoms with Crippen LogP contribution in [0.15, 0.2) is 0 Å². The normalized spacial score (nSPS) is 14.5. The van der Waals surface area contributed by atoms with E-state index in [4.69, 9.17) is 11.5 Å². The van der Waals surface area contributed by atoms with Crippen LogP contribution in [-0.2, 0) is 0 Å². The first-order valence-electron chi connectivity index (χ1n) is 8.71. The van der Waals surface area contributed by atoms with E-state index in [0.717, 1.165) is 12.8 Å². The van der Waals surface area contributed by atoms with Crippen LogP contribution in [0.1, 0.15) is 97.3 Å². The molecule has 0 aromatic rings. The minimum absolute atomic E-state index is 0.407. The summed E-state index contributed by atoms with van der Waals surface area (Å²) in [6.07, 6.45) is 16.6. The van der Waals surface area contributed by atoms with Crippen molar-refractivity contribution >= 4 is 0 Å². The first-order valence-corrected chi connectivity index (χ1v) is 8.71. The maximum atomic E-state index is 6.14. The molecule has 116 valence electrons. The van der Waals surface area contributed by atoms with Crippen molar-refractivity contribution in [3.05, 3.63) is 0 Å². The molecule has 2 atom stereocenters. The molecule has 0 heterocycles. The summed E-state index contributed by atoms with van der Waals surface area (Å²) in [6, 6.07) is 0.813. The van der Waals surface area contributed by atoms with E-state index >= 15 is 0 Å². The summed E-state index contributed by atoms with van der Waals surface area (Å²) in [7, 11) is 0. The molecule has 0 amide bonds. The molecular formula is C17H38N2. The highest BCUT2D eigenvalue weighted by Crippen LogP contribution is 2.12. The summed E-state index contributed by atoms with van der Waals surface area (Å²) in [5.41, 5.74) is 12.3. The van der Waals surface area contributed by atoms with Gasteiger partial charge in [0.2, 0.25) is 0 Å². The first kappa shape index (κ1) is 18.9. The van der Waals surface area contributed by atoms with Gasteiger partial charge in [-0.05, 0) is 25.7 Å². The lowest BCUT2D eigenvalue weighted by atomic mass is 9.99. The molecule has 0 aliphatic heterocycles. The molecule has 0 radical (unpaired) electrons. The third kappa shape index (κ3) is 14.1.